The van der Waals surface area contributed by atoms with Crippen LogP contribution in [-0.2, 0) is 14.8 Å². The fourth-order valence-electron chi connectivity index (χ4n) is 3.21. The summed E-state index contributed by atoms with van der Waals surface area (Å²) >= 11 is 6.03. The van der Waals surface area contributed by atoms with E-state index in [0.29, 0.717) is 40.9 Å². The molecule has 1 N–H and O–H groups in total. The average Bonchev–Trinajstić information content (AvgIpc) is 2.81. The van der Waals surface area contributed by atoms with Crippen LogP contribution in [0.1, 0.15) is 12.8 Å². The molecule has 0 spiro atoms. The summed E-state index contributed by atoms with van der Waals surface area (Å²) in [5, 5.41) is 3.27. The summed E-state index contributed by atoms with van der Waals surface area (Å²) in [5.74, 6) is 1.38. The second kappa shape index (κ2) is 12.3. The number of para-hydroxylation sites is 4. The van der Waals surface area contributed by atoms with E-state index >= 15 is 0 Å². The quantitative estimate of drug-likeness (QED) is 0.357. The molecule has 0 unspecified atom stereocenters. The third-order valence-electron chi connectivity index (χ3n) is 4.79. The third-order valence-corrected chi connectivity index (χ3v) is 6.28. The van der Waals surface area contributed by atoms with Crippen molar-refractivity contribution in [2.45, 2.75) is 12.8 Å². The monoisotopic (exact) mass is 502 g/mol. The van der Waals surface area contributed by atoms with E-state index in [1.807, 2.05) is 30.3 Å². The van der Waals surface area contributed by atoms with Crippen LogP contribution in [0, 0.1) is 0 Å². The number of anilines is 1. The number of hydrogen-bond donors (Lipinski definition) is 1. The Morgan fingerprint density at radius 2 is 1.59 bits per heavy atom. The standard InChI is InChI=1S/C25H27ClN2O5S/c1-34(30,31)28(22-13-6-8-15-24(22)33-20-10-3-2-4-11-20)18-9-16-25(29)27-17-19-32-23-14-7-5-12-21(23)26/h2-8,10-15H,9,16-19H2,1H3,(H,27,29). The number of benzene rings is 3. The second-order valence-corrected chi connectivity index (χ2v) is 9.76. The number of halogens is 1. The topological polar surface area (TPSA) is 84.9 Å². The first-order valence-electron chi connectivity index (χ1n) is 10.8. The lowest BCUT2D eigenvalue weighted by Crippen LogP contribution is -2.33. The SMILES string of the molecule is CS(=O)(=O)N(CCCC(=O)NCCOc1ccccc1Cl)c1ccccc1Oc1ccccc1. The minimum atomic E-state index is -3.60. The number of ether oxygens (including phenoxy) is 2. The maximum atomic E-state index is 12.5. The van der Waals surface area contributed by atoms with Gasteiger partial charge in [0.1, 0.15) is 18.1 Å². The molecule has 3 aromatic carbocycles. The molecule has 0 aromatic heterocycles. The maximum Gasteiger partial charge on any atom is 0.232 e. The predicted octanol–water partition coefficient (Wildman–Crippen LogP) is 4.87. The van der Waals surface area contributed by atoms with Crippen molar-refractivity contribution < 1.29 is 22.7 Å². The van der Waals surface area contributed by atoms with Crippen molar-refractivity contribution in [2.24, 2.45) is 0 Å². The zero-order valence-electron chi connectivity index (χ0n) is 18.8. The molecule has 0 saturated carbocycles. The lowest BCUT2D eigenvalue weighted by atomic mass is 10.2. The Bertz CT molecular complexity index is 1190. The Balaban J connectivity index is 1.53. The van der Waals surface area contributed by atoms with Crippen molar-refractivity contribution in [3.8, 4) is 17.2 Å². The van der Waals surface area contributed by atoms with Gasteiger partial charge in [-0.3, -0.25) is 9.10 Å². The molecule has 9 heteroatoms. The van der Waals surface area contributed by atoms with E-state index in [1.165, 1.54) is 4.31 Å². The average molecular weight is 503 g/mol. The second-order valence-electron chi connectivity index (χ2n) is 7.45. The Morgan fingerprint density at radius 1 is 0.941 bits per heavy atom. The predicted molar refractivity (Wildman–Crippen MR) is 134 cm³/mol. The Morgan fingerprint density at radius 3 is 2.29 bits per heavy atom. The van der Waals surface area contributed by atoms with E-state index in [0.717, 1.165) is 6.26 Å². The first kappa shape index (κ1) is 25.4. The van der Waals surface area contributed by atoms with Gasteiger partial charge < -0.3 is 14.8 Å². The van der Waals surface area contributed by atoms with E-state index in [-0.39, 0.29) is 25.5 Å². The lowest BCUT2D eigenvalue weighted by molar-refractivity contribution is -0.121. The minimum Gasteiger partial charge on any atom is -0.490 e. The summed E-state index contributed by atoms with van der Waals surface area (Å²) in [4.78, 5) is 12.2. The molecule has 0 aliphatic heterocycles. The summed E-state index contributed by atoms with van der Waals surface area (Å²) in [7, 11) is -3.60. The van der Waals surface area contributed by atoms with E-state index in [1.54, 1.807) is 48.5 Å². The highest BCUT2D eigenvalue weighted by molar-refractivity contribution is 7.92. The number of nitrogens with zero attached hydrogens (tertiary/aromatic N) is 1. The molecule has 0 heterocycles. The maximum absolute atomic E-state index is 12.5. The van der Waals surface area contributed by atoms with Crippen LogP contribution in [0.3, 0.4) is 0 Å². The lowest BCUT2D eigenvalue weighted by Gasteiger charge is -2.24. The van der Waals surface area contributed by atoms with Crippen LogP contribution in [0.15, 0.2) is 78.9 Å². The highest BCUT2D eigenvalue weighted by atomic mass is 35.5. The van der Waals surface area contributed by atoms with E-state index in [2.05, 4.69) is 5.32 Å². The normalized spacial score (nSPS) is 11.0. The first-order valence-corrected chi connectivity index (χ1v) is 13.0. The molecular formula is C25H27ClN2O5S. The number of nitrogens with one attached hydrogen (secondary N) is 1. The number of hydrogen-bond acceptors (Lipinski definition) is 5. The van der Waals surface area contributed by atoms with Crippen LogP contribution >= 0.6 is 11.6 Å². The number of carbonyl (C=O) groups excluding carboxylic acids is 1. The largest absolute Gasteiger partial charge is 0.490 e. The van der Waals surface area contributed by atoms with Crippen molar-refractivity contribution in [3.63, 3.8) is 0 Å². The van der Waals surface area contributed by atoms with Gasteiger partial charge in [0.2, 0.25) is 15.9 Å². The highest BCUT2D eigenvalue weighted by Gasteiger charge is 2.21. The molecule has 0 atom stereocenters. The molecule has 34 heavy (non-hydrogen) atoms. The van der Waals surface area contributed by atoms with Crippen LogP contribution in [-0.4, -0.2) is 40.3 Å². The highest BCUT2D eigenvalue weighted by Crippen LogP contribution is 2.33. The van der Waals surface area contributed by atoms with Gasteiger partial charge in [0, 0.05) is 13.0 Å². The fraction of sp³-hybridized carbons (Fsp3) is 0.240. The summed E-state index contributed by atoms with van der Waals surface area (Å²) in [6.07, 6.45) is 1.64. The van der Waals surface area contributed by atoms with E-state index < -0.39 is 10.0 Å². The molecule has 1 amide bonds. The molecule has 3 rings (SSSR count). The summed E-state index contributed by atoms with van der Waals surface area (Å²) in [6, 6.07) is 23.2. The fourth-order valence-corrected chi connectivity index (χ4v) is 4.37. The molecular weight excluding hydrogens is 476 g/mol. The minimum absolute atomic E-state index is 0.136. The van der Waals surface area contributed by atoms with Crippen molar-refractivity contribution in [3.05, 3.63) is 83.9 Å². The van der Waals surface area contributed by atoms with Gasteiger partial charge in [-0.1, -0.05) is 54.1 Å². The van der Waals surface area contributed by atoms with Crippen molar-refractivity contribution in [1.29, 1.82) is 0 Å². The van der Waals surface area contributed by atoms with Gasteiger partial charge in [-0.2, -0.15) is 0 Å². The molecule has 0 saturated heterocycles. The van der Waals surface area contributed by atoms with E-state index in [9.17, 15) is 13.2 Å². The van der Waals surface area contributed by atoms with Crippen molar-refractivity contribution in [2.75, 3.05) is 30.3 Å². The molecule has 0 bridgehead atoms. The first-order chi connectivity index (χ1) is 16.3. The summed E-state index contributed by atoms with van der Waals surface area (Å²) in [6.45, 7) is 0.722. The zero-order valence-corrected chi connectivity index (χ0v) is 20.4. The zero-order chi connectivity index (χ0) is 24.4. The Hall–Kier alpha value is -3.23. The Kier molecular flexibility index (Phi) is 9.18. The molecule has 0 radical (unpaired) electrons. The Labute approximate surface area is 205 Å². The molecule has 3 aromatic rings. The number of rotatable bonds is 12. The van der Waals surface area contributed by atoms with Gasteiger partial charge in [-0.25, -0.2) is 8.42 Å². The van der Waals surface area contributed by atoms with Crippen LogP contribution in [0.25, 0.3) is 0 Å². The van der Waals surface area contributed by atoms with Gasteiger partial charge >= 0.3 is 0 Å². The van der Waals surface area contributed by atoms with Crippen molar-refractivity contribution >= 4 is 33.2 Å². The van der Waals surface area contributed by atoms with Crippen molar-refractivity contribution in [1.82, 2.24) is 5.32 Å². The number of amides is 1. The van der Waals surface area contributed by atoms with Crippen LogP contribution in [0.4, 0.5) is 5.69 Å². The van der Waals surface area contributed by atoms with Crippen LogP contribution in [0.5, 0.6) is 17.2 Å². The number of sulfonamides is 1. The molecule has 180 valence electrons. The molecule has 0 aliphatic carbocycles. The van der Waals surface area contributed by atoms with Crippen LogP contribution in [0.2, 0.25) is 5.02 Å². The van der Waals surface area contributed by atoms with Gasteiger partial charge in [0.25, 0.3) is 0 Å². The smallest absolute Gasteiger partial charge is 0.232 e. The molecule has 0 aliphatic rings. The number of carbonyl (C=O) groups is 1. The van der Waals surface area contributed by atoms with Gasteiger partial charge in [0.15, 0.2) is 5.75 Å². The molecule has 7 nitrogen and oxygen atoms in total. The molecule has 0 fully saturated rings. The van der Waals surface area contributed by atoms with Gasteiger partial charge in [-0.15, -0.1) is 0 Å². The van der Waals surface area contributed by atoms with E-state index in [4.69, 9.17) is 21.1 Å². The summed E-state index contributed by atoms with van der Waals surface area (Å²) < 4.78 is 37.8. The van der Waals surface area contributed by atoms with Gasteiger partial charge in [0.05, 0.1) is 23.5 Å². The third kappa shape index (κ3) is 7.67. The van der Waals surface area contributed by atoms with Gasteiger partial charge in [-0.05, 0) is 42.8 Å². The van der Waals surface area contributed by atoms with Crippen LogP contribution < -0.4 is 19.1 Å². The summed E-state index contributed by atoms with van der Waals surface area (Å²) in [5.41, 5.74) is 0.419.